The first-order valence-electron chi connectivity index (χ1n) is 6.78. The summed E-state index contributed by atoms with van der Waals surface area (Å²) >= 11 is 4.35. The monoisotopic (exact) mass is 314 g/mol. The van der Waals surface area contributed by atoms with Crippen molar-refractivity contribution in [2.75, 3.05) is 5.73 Å². The highest BCUT2D eigenvalue weighted by molar-refractivity contribution is 7.80. The lowest BCUT2D eigenvalue weighted by Crippen LogP contribution is -2.12. The Kier molecular flexibility index (Phi) is 4.72. The molecule has 0 aliphatic carbocycles. The van der Waals surface area contributed by atoms with Gasteiger partial charge in [-0.25, -0.2) is 4.68 Å². The van der Waals surface area contributed by atoms with E-state index in [1.165, 1.54) is 0 Å². The fourth-order valence-corrected chi connectivity index (χ4v) is 2.32. The van der Waals surface area contributed by atoms with Crippen LogP contribution >= 0.6 is 12.6 Å². The predicted octanol–water partition coefficient (Wildman–Crippen LogP) is 2.49. The molecule has 1 aromatic heterocycles. The van der Waals surface area contributed by atoms with Crippen molar-refractivity contribution in [1.29, 1.82) is 0 Å². The van der Waals surface area contributed by atoms with E-state index < -0.39 is 5.91 Å². The number of anilines is 1. The van der Waals surface area contributed by atoms with Crippen molar-refractivity contribution in [3.63, 3.8) is 0 Å². The van der Waals surface area contributed by atoms with Crippen LogP contribution in [0.1, 0.15) is 28.7 Å². The van der Waals surface area contributed by atoms with Crippen LogP contribution in [-0.2, 0) is 6.42 Å². The van der Waals surface area contributed by atoms with Gasteiger partial charge in [-0.1, -0.05) is 25.6 Å². The van der Waals surface area contributed by atoms with Gasteiger partial charge in [-0.15, -0.1) is 12.6 Å². The number of hydrogen-bond acceptors (Lipinski definition) is 4. The summed E-state index contributed by atoms with van der Waals surface area (Å²) in [4.78, 5) is 12.1. The smallest absolute Gasteiger partial charge is 0.269 e. The van der Waals surface area contributed by atoms with Crippen molar-refractivity contribution in [1.82, 2.24) is 9.78 Å². The van der Waals surface area contributed by atoms with Crippen LogP contribution in [0.4, 0.5) is 5.69 Å². The molecule has 0 bridgehead atoms. The van der Waals surface area contributed by atoms with Crippen LogP contribution in [0.3, 0.4) is 0 Å². The Bertz CT molecular complexity index is 762. The number of rotatable bonds is 5. The van der Waals surface area contributed by atoms with Crippen molar-refractivity contribution in [2.24, 2.45) is 5.73 Å². The summed E-state index contributed by atoms with van der Waals surface area (Å²) in [5.41, 5.74) is 14.5. The molecule has 114 valence electrons. The number of nitrogens with two attached hydrogens (primary N) is 2. The van der Waals surface area contributed by atoms with Crippen molar-refractivity contribution in [3.05, 3.63) is 59.9 Å². The number of benzene rings is 1. The number of amides is 1. The van der Waals surface area contributed by atoms with E-state index in [2.05, 4.69) is 24.3 Å². The lowest BCUT2D eigenvalue weighted by Gasteiger charge is -2.12. The van der Waals surface area contributed by atoms with E-state index in [0.29, 0.717) is 17.0 Å². The maximum Gasteiger partial charge on any atom is 0.269 e. The van der Waals surface area contributed by atoms with E-state index in [1.807, 2.05) is 25.1 Å². The van der Waals surface area contributed by atoms with Gasteiger partial charge in [-0.05, 0) is 30.7 Å². The fraction of sp³-hybridized carbons (Fsp3) is 0.125. The largest absolute Gasteiger partial charge is 0.398 e. The van der Waals surface area contributed by atoms with Gasteiger partial charge in [0.15, 0.2) is 5.69 Å². The zero-order chi connectivity index (χ0) is 16.3. The Morgan fingerprint density at radius 3 is 2.73 bits per heavy atom. The number of primary amides is 1. The minimum atomic E-state index is -0.557. The molecule has 2 rings (SSSR count). The van der Waals surface area contributed by atoms with Gasteiger partial charge in [0.05, 0.1) is 5.70 Å². The first-order valence-corrected chi connectivity index (χ1v) is 7.23. The van der Waals surface area contributed by atoms with Crippen molar-refractivity contribution in [3.8, 4) is 0 Å². The average molecular weight is 314 g/mol. The second-order valence-corrected chi connectivity index (χ2v) is 5.19. The summed E-state index contributed by atoms with van der Waals surface area (Å²) in [7, 11) is 0. The van der Waals surface area contributed by atoms with Gasteiger partial charge in [0.1, 0.15) is 0 Å². The molecule has 0 aliphatic heterocycles. The van der Waals surface area contributed by atoms with E-state index in [0.717, 1.165) is 17.0 Å². The van der Waals surface area contributed by atoms with Crippen LogP contribution in [0.15, 0.2) is 47.9 Å². The summed E-state index contributed by atoms with van der Waals surface area (Å²) in [6.07, 6.45) is 4.18. The molecule has 0 atom stereocenters. The molecule has 0 unspecified atom stereocenters. The fourth-order valence-electron chi connectivity index (χ4n) is 2.10. The highest BCUT2D eigenvalue weighted by Gasteiger charge is 2.15. The number of aryl methyl sites for hydroxylation is 1. The Morgan fingerprint density at radius 2 is 2.18 bits per heavy atom. The number of nitrogen functional groups attached to an aromatic ring is 1. The van der Waals surface area contributed by atoms with E-state index in [4.69, 9.17) is 11.5 Å². The Hall–Kier alpha value is -2.47. The third-order valence-electron chi connectivity index (χ3n) is 3.23. The van der Waals surface area contributed by atoms with E-state index in [9.17, 15) is 4.79 Å². The molecule has 2 aromatic rings. The predicted molar refractivity (Wildman–Crippen MR) is 91.8 cm³/mol. The molecule has 0 spiro atoms. The molecule has 22 heavy (non-hydrogen) atoms. The number of aromatic nitrogens is 2. The second kappa shape index (κ2) is 6.53. The molecule has 5 nitrogen and oxygen atoms in total. The second-order valence-electron chi connectivity index (χ2n) is 4.71. The number of nitrogens with zero attached hydrogens (tertiary/aromatic N) is 2. The van der Waals surface area contributed by atoms with Gasteiger partial charge in [0.25, 0.3) is 5.91 Å². The van der Waals surface area contributed by atoms with Gasteiger partial charge in [0.2, 0.25) is 0 Å². The van der Waals surface area contributed by atoms with Gasteiger partial charge < -0.3 is 11.5 Å². The van der Waals surface area contributed by atoms with Crippen LogP contribution < -0.4 is 11.5 Å². The number of carbonyl (C=O) groups excluding carboxylic acids is 1. The van der Waals surface area contributed by atoms with Crippen molar-refractivity contribution < 1.29 is 4.79 Å². The summed E-state index contributed by atoms with van der Waals surface area (Å²) in [5.74, 6) is -0.557. The number of thiol groups is 1. The normalized spacial score (nSPS) is 11.5. The standard InChI is InChI=1S/C16H18N4OS/c1-3-5-14(10-6-7-12(17)15(22)8-10)20-11(4-2)9-13(19-20)16(18)21/h3,5-9,22H,1,4,17H2,2H3,(H2,18,21)/b14-5-. The maximum absolute atomic E-state index is 11.4. The third-order valence-corrected chi connectivity index (χ3v) is 3.62. The molecule has 0 aliphatic rings. The average Bonchev–Trinajstić information content (AvgIpc) is 2.92. The molecule has 1 amide bonds. The molecule has 1 heterocycles. The molecule has 4 N–H and O–H groups in total. The van der Waals surface area contributed by atoms with Gasteiger partial charge in [0, 0.05) is 21.8 Å². The lowest BCUT2D eigenvalue weighted by atomic mass is 10.1. The summed E-state index contributed by atoms with van der Waals surface area (Å²) < 4.78 is 1.69. The zero-order valence-corrected chi connectivity index (χ0v) is 13.2. The Balaban J connectivity index is 2.62. The van der Waals surface area contributed by atoms with Gasteiger partial charge in [-0.3, -0.25) is 4.79 Å². The highest BCUT2D eigenvalue weighted by atomic mass is 32.1. The first-order chi connectivity index (χ1) is 10.5. The molecule has 6 heteroatoms. The zero-order valence-electron chi connectivity index (χ0n) is 12.3. The number of carbonyl (C=O) groups is 1. The minimum absolute atomic E-state index is 0.230. The van der Waals surface area contributed by atoms with Gasteiger partial charge in [-0.2, -0.15) is 5.10 Å². The molecule has 0 radical (unpaired) electrons. The third kappa shape index (κ3) is 3.07. The molecule has 0 fully saturated rings. The van der Waals surface area contributed by atoms with Crippen molar-refractivity contribution >= 4 is 29.9 Å². The molecular weight excluding hydrogens is 296 g/mol. The topological polar surface area (TPSA) is 86.9 Å². The SMILES string of the molecule is C=C/C=C(/c1ccc(N)c(S)c1)n1nc(C(N)=O)cc1CC. The Morgan fingerprint density at radius 1 is 1.45 bits per heavy atom. The summed E-state index contributed by atoms with van der Waals surface area (Å²) in [6.45, 7) is 5.72. The highest BCUT2D eigenvalue weighted by Crippen LogP contribution is 2.25. The lowest BCUT2D eigenvalue weighted by molar-refractivity contribution is 0.0995. The van der Waals surface area contributed by atoms with E-state index in [-0.39, 0.29) is 5.69 Å². The van der Waals surface area contributed by atoms with Crippen LogP contribution in [0.2, 0.25) is 0 Å². The first kappa shape index (κ1) is 15.9. The minimum Gasteiger partial charge on any atom is -0.398 e. The molecule has 1 aromatic carbocycles. The summed E-state index contributed by atoms with van der Waals surface area (Å²) in [6, 6.07) is 7.19. The number of allylic oxidation sites excluding steroid dienone is 2. The van der Waals surface area contributed by atoms with Crippen molar-refractivity contribution in [2.45, 2.75) is 18.2 Å². The Labute approximate surface area is 134 Å². The molecule has 0 saturated carbocycles. The van der Waals surface area contributed by atoms with E-state index >= 15 is 0 Å². The summed E-state index contributed by atoms with van der Waals surface area (Å²) in [5, 5.41) is 4.30. The van der Waals surface area contributed by atoms with Gasteiger partial charge >= 0.3 is 0 Å². The van der Waals surface area contributed by atoms with Crippen LogP contribution in [-0.4, -0.2) is 15.7 Å². The quantitative estimate of drug-likeness (QED) is 0.450. The van der Waals surface area contributed by atoms with Crippen LogP contribution in [0.25, 0.3) is 5.70 Å². The van der Waals surface area contributed by atoms with E-state index in [1.54, 1.807) is 22.9 Å². The van der Waals surface area contributed by atoms with Crippen LogP contribution in [0.5, 0.6) is 0 Å². The molecule has 0 saturated heterocycles. The molecular formula is C16H18N4OS. The van der Waals surface area contributed by atoms with Crippen LogP contribution in [0, 0.1) is 0 Å². The number of hydrogen-bond donors (Lipinski definition) is 3. The maximum atomic E-state index is 11.4.